The lowest BCUT2D eigenvalue weighted by atomic mass is 10.0. The van der Waals surface area contributed by atoms with E-state index in [9.17, 15) is 0 Å². The minimum absolute atomic E-state index is 0.0593. The third-order valence-electron chi connectivity index (χ3n) is 3.13. The summed E-state index contributed by atoms with van der Waals surface area (Å²) in [5, 5.41) is 0. The van der Waals surface area contributed by atoms with E-state index in [1.807, 2.05) is 19.1 Å². The number of nitrogens with zero attached hydrogens (tertiary/aromatic N) is 1. The molecule has 0 radical (unpaired) electrons. The maximum Gasteiger partial charge on any atom is 0.123 e. The van der Waals surface area contributed by atoms with E-state index in [0.717, 1.165) is 17.9 Å². The average molecular weight is 236 g/mol. The monoisotopic (exact) mass is 236 g/mol. The highest BCUT2D eigenvalue weighted by atomic mass is 16.5. The normalized spacial score (nSPS) is 13.2. The third kappa shape index (κ3) is 3.72. The topological polar surface area (TPSA) is 38.5 Å². The standard InChI is InChI=1S/C14H24N2O/c1-10(2)16(4)9-13-8-12(11(3)15)6-7-14(13)17-5/h6-8,10-11H,9,15H2,1-5H3. The first-order valence-corrected chi connectivity index (χ1v) is 6.08. The summed E-state index contributed by atoms with van der Waals surface area (Å²) in [4.78, 5) is 2.28. The van der Waals surface area contributed by atoms with Gasteiger partial charge >= 0.3 is 0 Å². The van der Waals surface area contributed by atoms with Gasteiger partial charge in [-0.1, -0.05) is 6.07 Å². The molecular weight excluding hydrogens is 212 g/mol. The average Bonchev–Trinajstić information content (AvgIpc) is 2.28. The van der Waals surface area contributed by atoms with Gasteiger partial charge in [-0.25, -0.2) is 0 Å². The molecule has 2 N–H and O–H groups in total. The van der Waals surface area contributed by atoms with E-state index in [2.05, 4.69) is 31.9 Å². The predicted molar refractivity (Wildman–Crippen MR) is 72.2 cm³/mol. The van der Waals surface area contributed by atoms with Crippen LogP contribution < -0.4 is 10.5 Å². The van der Waals surface area contributed by atoms with Crippen molar-refractivity contribution in [2.45, 2.75) is 39.4 Å². The predicted octanol–water partition coefficient (Wildman–Crippen LogP) is 2.56. The van der Waals surface area contributed by atoms with E-state index in [1.165, 1.54) is 5.56 Å². The van der Waals surface area contributed by atoms with Crippen LogP contribution in [-0.4, -0.2) is 25.1 Å². The highest BCUT2D eigenvalue weighted by Gasteiger charge is 2.11. The summed E-state index contributed by atoms with van der Waals surface area (Å²) in [5.74, 6) is 0.932. The summed E-state index contributed by atoms with van der Waals surface area (Å²) in [6.07, 6.45) is 0. The van der Waals surface area contributed by atoms with Crippen LogP contribution in [0.15, 0.2) is 18.2 Å². The molecule has 3 nitrogen and oxygen atoms in total. The summed E-state index contributed by atoms with van der Waals surface area (Å²) < 4.78 is 5.39. The van der Waals surface area contributed by atoms with Crippen molar-refractivity contribution in [2.75, 3.05) is 14.2 Å². The van der Waals surface area contributed by atoms with Crippen LogP contribution in [0.25, 0.3) is 0 Å². The second-order valence-corrected chi connectivity index (χ2v) is 4.87. The van der Waals surface area contributed by atoms with Crippen molar-refractivity contribution in [3.8, 4) is 5.75 Å². The van der Waals surface area contributed by atoms with E-state index in [1.54, 1.807) is 7.11 Å². The minimum Gasteiger partial charge on any atom is -0.496 e. The molecule has 1 atom stereocenters. The Labute approximate surface area is 105 Å². The van der Waals surface area contributed by atoms with Gasteiger partial charge in [0.2, 0.25) is 0 Å². The minimum atomic E-state index is 0.0593. The second-order valence-electron chi connectivity index (χ2n) is 4.87. The fraction of sp³-hybridized carbons (Fsp3) is 0.571. The lowest BCUT2D eigenvalue weighted by Gasteiger charge is -2.23. The molecule has 96 valence electrons. The van der Waals surface area contributed by atoms with Crippen LogP contribution in [0.4, 0.5) is 0 Å². The molecule has 0 aliphatic heterocycles. The smallest absolute Gasteiger partial charge is 0.123 e. The van der Waals surface area contributed by atoms with Crippen molar-refractivity contribution >= 4 is 0 Å². The molecule has 0 aliphatic carbocycles. The number of hydrogen-bond donors (Lipinski definition) is 1. The zero-order chi connectivity index (χ0) is 13.0. The van der Waals surface area contributed by atoms with Gasteiger partial charge in [0.1, 0.15) is 5.75 Å². The van der Waals surface area contributed by atoms with Crippen molar-refractivity contribution < 1.29 is 4.74 Å². The molecule has 3 heteroatoms. The van der Waals surface area contributed by atoms with Gasteiger partial charge in [-0.3, -0.25) is 4.90 Å². The summed E-state index contributed by atoms with van der Waals surface area (Å²) >= 11 is 0. The van der Waals surface area contributed by atoms with Gasteiger partial charge in [0.15, 0.2) is 0 Å². The molecule has 1 aromatic carbocycles. The lowest BCUT2D eigenvalue weighted by molar-refractivity contribution is 0.261. The first-order chi connectivity index (χ1) is 7.95. The van der Waals surface area contributed by atoms with Gasteiger partial charge in [-0.15, -0.1) is 0 Å². The highest BCUT2D eigenvalue weighted by molar-refractivity contribution is 5.38. The van der Waals surface area contributed by atoms with Crippen molar-refractivity contribution in [3.63, 3.8) is 0 Å². The molecular formula is C14H24N2O. The Hall–Kier alpha value is -1.06. The Kier molecular flexibility index (Phi) is 4.97. The van der Waals surface area contributed by atoms with Crippen LogP contribution in [0, 0.1) is 0 Å². The van der Waals surface area contributed by atoms with Gasteiger partial charge in [0.05, 0.1) is 7.11 Å². The zero-order valence-electron chi connectivity index (χ0n) is 11.5. The van der Waals surface area contributed by atoms with Crippen LogP contribution >= 0.6 is 0 Å². The molecule has 0 bridgehead atoms. The van der Waals surface area contributed by atoms with Crippen molar-refractivity contribution in [1.29, 1.82) is 0 Å². The molecule has 0 amide bonds. The zero-order valence-corrected chi connectivity index (χ0v) is 11.5. The van der Waals surface area contributed by atoms with Gasteiger partial charge in [0, 0.05) is 24.2 Å². The number of ether oxygens (including phenoxy) is 1. The fourth-order valence-electron chi connectivity index (χ4n) is 1.66. The van der Waals surface area contributed by atoms with Crippen molar-refractivity contribution in [1.82, 2.24) is 4.90 Å². The van der Waals surface area contributed by atoms with Gasteiger partial charge in [-0.05, 0) is 45.5 Å². The van der Waals surface area contributed by atoms with Crippen molar-refractivity contribution in [2.24, 2.45) is 5.73 Å². The molecule has 0 aliphatic rings. The van der Waals surface area contributed by atoms with E-state index in [4.69, 9.17) is 10.5 Å². The Balaban J connectivity index is 2.97. The molecule has 1 rings (SSSR count). The Morgan fingerprint density at radius 3 is 2.41 bits per heavy atom. The van der Waals surface area contributed by atoms with Crippen molar-refractivity contribution in [3.05, 3.63) is 29.3 Å². The first kappa shape index (κ1) is 14.0. The lowest BCUT2D eigenvalue weighted by Crippen LogP contribution is -2.26. The molecule has 0 fully saturated rings. The number of hydrogen-bond acceptors (Lipinski definition) is 3. The van der Waals surface area contributed by atoms with E-state index in [0.29, 0.717) is 6.04 Å². The molecule has 0 aromatic heterocycles. The molecule has 1 aromatic rings. The molecule has 0 saturated heterocycles. The maximum atomic E-state index is 5.91. The van der Waals surface area contributed by atoms with Gasteiger partial charge < -0.3 is 10.5 Å². The number of nitrogens with two attached hydrogens (primary N) is 1. The summed E-state index contributed by atoms with van der Waals surface area (Å²) in [7, 11) is 3.82. The Bertz CT molecular complexity index is 361. The summed E-state index contributed by atoms with van der Waals surface area (Å²) in [5.41, 5.74) is 8.25. The molecule has 1 unspecified atom stereocenters. The quantitative estimate of drug-likeness (QED) is 0.854. The second kappa shape index (κ2) is 6.03. The third-order valence-corrected chi connectivity index (χ3v) is 3.13. The van der Waals surface area contributed by atoms with E-state index < -0.39 is 0 Å². The van der Waals surface area contributed by atoms with Crippen LogP contribution in [0.1, 0.15) is 37.9 Å². The number of methoxy groups -OCH3 is 1. The Morgan fingerprint density at radius 1 is 1.29 bits per heavy atom. The molecule has 0 spiro atoms. The van der Waals surface area contributed by atoms with Crippen LogP contribution in [0.5, 0.6) is 5.75 Å². The Morgan fingerprint density at radius 2 is 1.94 bits per heavy atom. The summed E-state index contributed by atoms with van der Waals surface area (Å²) in [6, 6.07) is 6.75. The first-order valence-electron chi connectivity index (χ1n) is 6.08. The molecule has 0 saturated carbocycles. The van der Waals surface area contributed by atoms with Crippen LogP contribution in [0.3, 0.4) is 0 Å². The fourth-order valence-corrected chi connectivity index (χ4v) is 1.66. The molecule has 0 heterocycles. The van der Waals surface area contributed by atoms with E-state index >= 15 is 0 Å². The van der Waals surface area contributed by atoms with Crippen LogP contribution in [0.2, 0.25) is 0 Å². The van der Waals surface area contributed by atoms with Gasteiger partial charge in [0.25, 0.3) is 0 Å². The number of benzene rings is 1. The molecule has 17 heavy (non-hydrogen) atoms. The van der Waals surface area contributed by atoms with Crippen LogP contribution in [-0.2, 0) is 6.54 Å². The SMILES string of the molecule is COc1ccc(C(C)N)cc1CN(C)C(C)C. The summed E-state index contributed by atoms with van der Waals surface area (Å²) in [6.45, 7) is 7.24. The van der Waals surface area contributed by atoms with Gasteiger partial charge in [-0.2, -0.15) is 0 Å². The largest absolute Gasteiger partial charge is 0.496 e. The number of rotatable bonds is 5. The van der Waals surface area contributed by atoms with E-state index in [-0.39, 0.29) is 6.04 Å². The maximum absolute atomic E-state index is 5.91. The highest BCUT2D eigenvalue weighted by Crippen LogP contribution is 2.24.